The molecule has 3 rings (SSSR count). The first kappa shape index (κ1) is 14.1. The lowest BCUT2D eigenvalue weighted by atomic mass is 10.1. The van der Waals surface area contributed by atoms with Crippen LogP contribution in [0.15, 0.2) is 24.4 Å². The van der Waals surface area contributed by atoms with Gasteiger partial charge in [0.15, 0.2) is 0 Å². The van der Waals surface area contributed by atoms with Gasteiger partial charge < -0.3 is 14.0 Å². The number of carbonyl (C=O) groups is 1. The van der Waals surface area contributed by atoms with E-state index in [1.165, 1.54) is 18.1 Å². The van der Waals surface area contributed by atoms with Gasteiger partial charge in [-0.1, -0.05) is 6.07 Å². The Morgan fingerprint density at radius 2 is 2.10 bits per heavy atom. The van der Waals surface area contributed by atoms with Crippen molar-refractivity contribution in [3.63, 3.8) is 0 Å². The van der Waals surface area contributed by atoms with Crippen LogP contribution < -0.4 is 0 Å². The number of hydrogen-bond donors (Lipinski definition) is 0. The average molecular weight is 288 g/mol. The second-order valence-corrected chi connectivity index (χ2v) is 5.38. The van der Waals surface area contributed by atoms with Gasteiger partial charge in [-0.05, 0) is 17.7 Å². The third-order valence-electron chi connectivity index (χ3n) is 3.99. The van der Waals surface area contributed by atoms with Crippen LogP contribution in [0.5, 0.6) is 0 Å². The van der Waals surface area contributed by atoms with Crippen LogP contribution in [0.2, 0.25) is 0 Å². The zero-order chi connectivity index (χ0) is 14.8. The van der Waals surface area contributed by atoms with Gasteiger partial charge in [-0.15, -0.1) is 0 Å². The molecule has 0 amide bonds. The molecule has 1 saturated heterocycles. The molecule has 1 aromatic heterocycles. The number of methoxy groups -OCH3 is 1. The highest BCUT2D eigenvalue weighted by molar-refractivity contribution is 5.95. The largest absolute Gasteiger partial charge is 0.465 e. The third kappa shape index (κ3) is 2.80. The molecule has 2 aromatic rings. The Balaban J connectivity index is 1.91. The molecule has 0 saturated carbocycles. The van der Waals surface area contributed by atoms with Crippen LogP contribution >= 0.6 is 0 Å². The number of nitrogens with zero attached hydrogens (tertiary/aromatic N) is 2. The number of aromatic nitrogens is 1. The predicted molar refractivity (Wildman–Crippen MR) is 80.4 cm³/mol. The number of benzene rings is 1. The van der Waals surface area contributed by atoms with Crippen LogP contribution in [-0.2, 0) is 23.1 Å². The first-order chi connectivity index (χ1) is 10.2. The fraction of sp³-hybridized carbons (Fsp3) is 0.438. The summed E-state index contributed by atoms with van der Waals surface area (Å²) in [4.78, 5) is 14.0. The van der Waals surface area contributed by atoms with Crippen LogP contribution in [0.4, 0.5) is 0 Å². The van der Waals surface area contributed by atoms with Crippen molar-refractivity contribution in [3.05, 3.63) is 35.5 Å². The normalized spacial score (nSPS) is 16.3. The minimum Gasteiger partial charge on any atom is -0.465 e. The zero-order valence-corrected chi connectivity index (χ0v) is 12.5. The van der Waals surface area contributed by atoms with Gasteiger partial charge in [0, 0.05) is 43.8 Å². The Bertz CT molecular complexity index is 657. The van der Waals surface area contributed by atoms with E-state index in [2.05, 4.69) is 15.7 Å². The summed E-state index contributed by atoms with van der Waals surface area (Å²) in [5.41, 5.74) is 2.93. The standard InChI is InChI=1S/C16H20N2O3/c1-17-10-13(11-18-5-7-21-8-6-18)14-4-3-12(9-15(14)17)16(19)20-2/h3-4,9-10H,5-8,11H2,1-2H3. The Labute approximate surface area is 124 Å². The summed E-state index contributed by atoms with van der Waals surface area (Å²) in [5, 5.41) is 1.19. The van der Waals surface area contributed by atoms with Crippen molar-refractivity contribution in [2.45, 2.75) is 6.54 Å². The van der Waals surface area contributed by atoms with Gasteiger partial charge in [-0.2, -0.15) is 0 Å². The lowest BCUT2D eigenvalue weighted by Gasteiger charge is -2.26. The molecule has 0 unspecified atom stereocenters. The van der Waals surface area contributed by atoms with E-state index in [-0.39, 0.29) is 5.97 Å². The zero-order valence-electron chi connectivity index (χ0n) is 12.5. The highest BCUT2D eigenvalue weighted by Gasteiger charge is 2.15. The number of aryl methyl sites for hydroxylation is 1. The molecular formula is C16H20N2O3. The van der Waals surface area contributed by atoms with E-state index < -0.39 is 0 Å². The van der Waals surface area contributed by atoms with Crippen LogP contribution in [0, 0.1) is 0 Å². The third-order valence-corrected chi connectivity index (χ3v) is 3.99. The highest BCUT2D eigenvalue weighted by atomic mass is 16.5. The lowest BCUT2D eigenvalue weighted by Crippen LogP contribution is -2.35. The number of ether oxygens (including phenoxy) is 2. The number of fused-ring (bicyclic) bond motifs is 1. The van der Waals surface area contributed by atoms with Crippen molar-refractivity contribution < 1.29 is 14.3 Å². The molecule has 2 heterocycles. The molecule has 0 aliphatic carbocycles. The Kier molecular flexibility index (Phi) is 3.94. The predicted octanol–water partition coefficient (Wildman–Crippen LogP) is 1.80. The Morgan fingerprint density at radius 3 is 2.81 bits per heavy atom. The van der Waals surface area contributed by atoms with Gasteiger partial charge in [0.2, 0.25) is 0 Å². The summed E-state index contributed by atoms with van der Waals surface area (Å²) in [6.45, 7) is 4.46. The monoisotopic (exact) mass is 288 g/mol. The molecule has 5 nitrogen and oxygen atoms in total. The molecule has 0 spiro atoms. The second-order valence-electron chi connectivity index (χ2n) is 5.38. The summed E-state index contributed by atoms with van der Waals surface area (Å²) < 4.78 is 12.2. The smallest absolute Gasteiger partial charge is 0.337 e. The van der Waals surface area contributed by atoms with E-state index in [0.717, 1.165) is 38.4 Å². The lowest BCUT2D eigenvalue weighted by molar-refractivity contribution is 0.0343. The summed E-state index contributed by atoms with van der Waals surface area (Å²) in [7, 11) is 3.41. The van der Waals surface area contributed by atoms with Crippen LogP contribution in [0.25, 0.3) is 10.9 Å². The van der Waals surface area contributed by atoms with E-state index in [9.17, 15) is 4.79 Å². The molecule has 0 atom stereocenters. The number of hydrogen-bond acceptors (Lipinski definition) is 4. The maximum absolute atomic E-state index is 11.6. The number of carbonyl (C=O) groups excluding carboxylic acids is 1. The molecule has 0 radical (unpaired) electrons. The topological polar surface area (TPSA) is 43.7 Å². The number of rotatable bonds is 3. The molecule has 1 aromatic carbocycles. The van der Waals surface area contributed by atoms with Crippen molar-refractivity contribution in [1.29, 1.82) is 0 Å². The van der Waals surface area contributed by atoms with Crippen molar-refractivity contribution in [1.82, 2.24) is 9.47 Å². The number of esters is 1. The van der Waals surface area contributed by atoms with Crippen LogP contribution in [0.1, 0.15) is 15.9 Å². The van der Waals surface area contributed by atoms with Gasteiger partial charge >= 0.3 is 5.97 Å². The van der Waals surface area contributed by atoms with E-state index in [1.54, 1.807) is 0 Å². The molecule has 5 heteroatoms. The van der Waals surface area contributed by atoms with Gasteiger partial charge in [0.05, 0.1) is 25.9 Å². The SMILES string of the molecule is COC(=O)c1ccc2c(CN3CCOCC3)cn(C)c2c1. The van der Waals surface area contributed by atoms with Crippen LogP contribution in [-0.4, -0.2) is 48.8 Å². The van der Waals surface area contributed by atoms with Gasteiger partial charge in [-0.3, -0.25) is 4.90 Å². The quantitative estimate of drug-likeness (QED) is 0.808. The molecular weight excluding hydrogens is 268 g/mol. The van der Waals surface area contributed by atoms with Crippen molar-refractivity contribution in [2.24, 2.45) is 7.05 Å². The van der Waals surface area contributed by atoms with Crippen molar-refractivity contribution >= 4 is 16.9 Å². The maximum atomic E-state index is 11.6. The fourth-order valence-electron chi connectivity index (χ4n) is 2.84. The second kappa shape index (κ2) is 5.87. The molecule has 1 aliphatic heterocycles. The van der Waals surface area contributed by atoms with Crippen LogP contribution in [0.3, 0.4) is 0 Å². The molecule has 112 valence electrons. The van der Waals surface area contributed by atoms with E-state index in [1.807, 2.05) is 25.2 Å². The highest BCUT2D eigenvalue weighted by Crippen LogP contribution is 2.24. The summed E-state index contributed by atoms with van der Waals surface area (Å²) >= 11 is 0. The molecule has 1 fully saturated rings. The average Bonchev–Trinajstić information content (AvgIpc) is 2.83. The first-order valence-electron chi connectivity index (χ1n) is 7.15. The maximum Gasteiger partial charge on any atom is 0.337 e. The minimum atomic E-state index is -0.298. The molecule has 21 heavy (non-hydrogen) atoms. The van der Waals surface area contributed by atoms with Crippen molar-refractivity contribution in [3.8, 4) is 0 Å². The summed E-state index contributed by atoms with van der Waals surface area (Å²) in [5.74, 6) is -0.298. The van der Waals surface area contributed by atoms with E-state index in [0.29, 0.717) is 5.56 Å². The summed E-state index contributed by atoms with van der Waals surface area (Å²) in [6.07, 6.45) is 2.14. The van der Waals surface area contributed by atoms with E-state index in [4.69, 9.17) is 9.47 Å². The first-order valence-corrected chi connectivity index (χ1v) is 7.15. The Hall–Kier alpha value is -1.85. The summed E-state index contributed by atoms with van der Waals surface area (Å²) in [6, 6.07) is 5.73. The molecule has 1 aliphatic rings. The molecule has 0 N–H and O–H groups in total. The van der Waals surface area contributed by atoms with Crippen molar-refractivity contribution in [2.75, 3.05) is 33.4 Å². The van der Waals surface area contributed by atoms with Gasteiger partial charge in [0.25, 0.3) is 0 Å². The Morgan fingerprint density at radius 1 is 1.33 bits per heavy atom. The van der Waals surface area contributed by atoms with Gasteiger partial charge in [-0.25, -0.2) is 4.79 Å². The van der Waals surface area contributed by atoms with E-state index >= 15 is 0 Å². The number of morpholine rings is 1. The molecule has 0 bridgehead atoms. The minimum absolute atomic E-state index is 0.298. The van der Waals surface area contributed by atoms with Gasteiger partial charge in [0.1, 0.15) is 0 Å². The fourth-order valence-corrected chi connectivity index (χ4v) is 2.84.